The fourth-order valence-corrected chi connectivity index (χ4v) is 2.56. The lowest BCUT2D eigenvalue weighted by molar-refractivity contribution is 0.360. The van der Waals surface area contributed by atoms with Gasteiger partial charge in [-0.05, 0) is 43.8 Å². The number of hydrogen-bond acceptors (Lipinski definition) is 1. The van der Waals surface area contributed by atoms with E-state index < -0.39 is 0 Å². The molecule has 3 heteroatoms. The number of nitrogens with one attached hydrogen (secondary N) is 1. The Morgan fingerprint density at radius 1 is 1.29 bits per heavy atom. The monoisotopic (exact) mass is 212 g/mol. The van der Waals surface area contributed by atoms with Crippen LogP contribution in [0.1, 0.15) is 33.6 Å². The summed E-state index contributed by atoms with van der Waals surface area (Å²) < 4.78 is 0. The van der Waals surface area contributed by atoms with Gasteiger partial charge >= 0.3 is 0 Å². The maximum Gasteiger partial charge on any atom is 0.169 e. The summed E-state index contributed by atoms with van der Waals surface area (Å²) in [5.41, 5.74) is 0. The van der Waals surface area contributed by atoms with Crippen molar-refractivity contribution in [2.75, 3.05) is 6.54 Å². The zero-order chi connectivity index (χ0) is 10.3. The summed E-state index contributed by atoms with van der Waals surface area (Å²) in [6.45, 7) is 8.06. The molecule has 0 amide bonds. The predicted octanol–water partition coefficient (Wildman–Crippen LogP) is 2.00. The topological polar surface area (TPSA) is 15.3 Å². The molecule has 1 saturated heterocycles. The van der Waals surface area contributed by atoms with Gasteiger partial charge in [-0.1, -0.05) is 13.8 Å². The molecule has 2 aliphatic rings. The summed E-state index contributed by atoms with van der Waals surface area (Å²) in [6, 6.07) is 1.28. The molecule has 14 heavy (non-hydrogen) atoms. The molecule has 80 valence electrons. The standard InChI is InChI=1S/C11H20N2S/c1-7-6-13(9(3)8(7)2)11(14)12-10-4-5-10/h7-10H,4-6H2,1-3H3,(H,12,14). The van der Waals surface area contributed by atoms with E-state index in [-0.39, 0.29) is 0 Å². The molecule has 2 rings (SSSR count). The van der Waals surface area contributed by atoms with Gasteiger partial charge in [0.05, 0.1) is 0 Å². The van der Waals surface area contributed by atoms with Gasteiger partial charge < -0.3 is 10.2 Å². The minimum absolute atomic E-state index is 0.601. The summed E-state index contributed by atoms with van der Waals surface area (Å²) in [7, 11) is 0. The van der Waals surface area contributed by atoms with Crippen LogP contribution in [0.15, 0.2) is 0 Å². The molecule has 0 bridgehead atoms. The van der Waals surface area contributed by atoms with E-state index in [1.54, 1.807) is 0 Å². The highest BCUT2D eigenvalue weighted by atomic mass is 32.1. The highest BCUT2D eigenvalue weighted by Crippen LogP contribution is 2.29. The van der Waals surface area contributed by atoms with E-state index in [0.717, 1.165) is 23.5 Å². The van der Waals surface area contributed by atoms with Gasteiger partial charge in [0.25, 0.3) is 0 Å². The first-order valence-corrected chi connectivity index (χ1v) is 6.07. The minimum atomic E-state index is 0.601. The SMILES string of the molecule is CC1CN(C(=S)NC2CC2)C(C)C1C. The van der Waals surface area contributed by atoms with Gasteiger partial charge in [0.2, 0.25) is 0 Å². The van der Waals surface area contributed by atoms with Crippen molar-refractivity contribution in [2.24, 2.45) is 11.8 Å². The van der Waals surface area contributed by atoms with Crippen molar-refractivity contribution in [1.29, 1.82) is 0 Å². The first-order valence-electron chi connectivity index (χ1n) is 5.66. The third-order valence-electron chi connectivity index (χ3n) is 3.80. The number of nitrogens with zero attached hydrogens (tertiary/aromatic N) is 1. The van der Waals surface area contributed by atoms with E-state index in [0.29, 0.717) is 12.1 Å². The Morgan fingerprint density at radius 3 is 2.36 bits per heavy atom. The maximum atomic E-state index is 5.43. The van der Waals surface area contributed by atoms with Gasteiger partial charge in [-0.3, -0.25) is 0 Å². The quantitative estimate of drug-likeness (QED) is 0.669. The molecule has 1 aliphatic carbocycles. The van der Waals surface area contributed by atoms with E-state index in [9.17, 15) is 0 Å². The van der Waals surface area contributed by atoms with Crippen LogP contribution in [0.3, 0.4) is 0 Å². The third-order valence-corrected chi connectivity index (χ3v) is 4.15. The molecule has 1 aliphatic heterocycles. The third kappa shape index (κ3) is 1.88. The summed E-state index contributed by atoms with van der Waals surface area (Å²) in [5, 5.41) is 4.41. The van der Waals surface area contributed by atoms with Crippen molar-refractivity contribution in [3.8, 4) is 0 Å². The minimum Gasteiger partial charge on any atom is -0.360 e. The summed E-state index contributed by atoms with van der Waals surface area (Å²) in [5.74, 6) is 1.53. The molecule has 0 radical (unpaired) electrons. The molecule has 0 spiro atoms. The number of rotatable bonds is 1. The molecule has 1 N–H and O–H groups in total. The molecule has 2 nitrogen and oxygen atoms in total. The van der Waals surface area contributed by atoms with Crippen LogP contribution >= 0.6 is 12.2 Å². The van der Waals surface area contributed by atoms with Crippen LogP contribution in [-0.4, -0.2) is 28.6 Å². The van der Waals surface area contributed by atoms with Gasteiger partial charge in [-0.25, -0.2) is 0 Å². The normalized spacial score (nSPS) is 37.4. The average molecular weight is 212 g/mol. The lowest BCUT2D eigenvalue weighted by Crippen LogP contribution is -2.43. The summed E-state index contributed by atoms with van der Waals surface area (Å²) >= 11 is 5.43. The average Bonchev–Trinajstić information content (AvgIpc) is 2.90. The van der Waals surface area contributed by atoms with Crippen LogP contribution in [-0.2, 0) is 0 Å². The van der Waals surface area contributed by atoms with Crippen LogP contribution in [0, 0.1) is 11.8 Å². The van der Waals surface area contributed by atoms with Crippen molar-refractivity contribution >= 4 is 17.3 Å². The zero-order valence-corrected chi connectivity index (χ0v) is 10.1. The van der Waals surface area contributed by atoms with Crippen molar-refractivity contribution in [2.45, 2.75) is 45.7 Å². The van der Waals surface area contributed by atoms with Gasteiger partial charge in [-0.2, -0.15) is 0 Å². The fraction of sp³-hybridized carbons (Fsp3) is 0.909. The van der Waals surface area contributed by atoms with E-state index >= 15 is 0 Å². The largest absolute Gasteiger partial charge is 0.360 e. The van der Waals surface area contributed by atoms with Crippen LogP contribution in [0.5, 0.6) is 0 Å². The highest BCUT2D eigenvalue weighted by Gasteiger charge is 2.35. The Hall–Kier alpha value is -0.310. The molecule has 1 saturated carbocycles. The number of thiocarbonyl (C=S) groups is 1. The van der Waals surface area contributed by atoms with Crippen LogP contribution in [0.2, 0.25) is 0 Å². The molecule has 1 heterocycles. The lowest BCUT2D eigenvalue weighted by Gasteiger charge is -2.26. The van der Waals surface area contributed by atoms with Crippen LogP contribution < -0.4 is 5.32 Å². The molecule has 0 aromatic heterocycles. The Bertz CT molecular complexity index is 237. The van der Waals surface area contributed by atoms with E-state index in [4.69, 9.17) is 12.2 Å². The fourth-order valence-electron chi connectivity index (χ4n) is 2.16. The zero-order valence-electron chi connectivity index (χ0n) is 9.29. The Balaban J connectivity index is 1.93. The van der Waals surface area contributed by atoms with Crippen molar-refractivity contribution < 1.29 is 0 Å². The van der Waals surface area contributed by atoms with E-state index in [1.807, 2.05) is 0 Å². The molecule has 3 atom stereocenters. The molecule has 3 unspecified atom stereocenters. The first-order chi connectivity index (χ1) is 6.59. The number of likely N-dealkylation sites (tertiary alicyclic amines) is 1. The second-order valence-corrected chi connectivity index (χ2v) is 5.34. The van der Waals surface area contributed by atoms with Gasteiger partial charge in [0.15, 0.2) is 5.11 Å². The maximum absolute atomic E-state index is 5.43. The van der Waals surface area contributed by atoms with Crippen LogP contribution in [0.25, 0.3) is 0 Å². The van der Waals surface area contributed by atoms with Gasteiger partial charge in [-0.15, -0.1) is 0 Å². The summed E-state index contributed by atoms with van der Waals surface area (Å²) in [6.07, 6.45) is 2.60. The van der Waals surface area contributed by atoms with Gasteiger partial charge in [0.1, 0.15) is 0 Å². The first kappa shape index (κ1) is 10.2. The predicted molar refractivity (Wildman–Crippen MR) is 63.3 cm³/mol. The van der Waals surface area contributed by atoms with Crippen molar-refractivity contribution in [3.63, 3.8) is 0 Å². The number of hydrogen-bond donors (Lipinski definition) is 1. The van der Waals surface area contributed by atoms with Gasteiger partial charge in [0, 0.05) is 18.6 Å². The summed E-state index contributed by atoms with van der Waals surface area (Å²) in [4.78, 5) is 2.36. The van der Waals surface area contributed by atoms with Crippen molar-refractivity contribution in [1.82, 2.24) is 10.2 Å². The molecule has 0 aromatic rings. The lowest BCUT2D eigenvalue weighted by atomic mass is 9.95. The smallest absolute Gasteiger partial charge is 0.169 e. The second kappa shape index (κ2) is 3.69. The second-order valence-electron chi connectivity index (χ2n) is 4.95. The molecule has 0 aromatic carbocycles. The van der Waals surface area contributed by atoms with E-state index in [1.165, 1.54) is 12.8 Å². The molecule has 2 fully saturated rings. The highest BCUT2D eigenvalue weighted by molar-refractivity contribution is 7.80. The van der Waals surface area contributed by atoms with E-state index in [2.05, 4.69) is 31.0 Å². The van der Waals surface area contributed by atoms with Crippen LogP contribution in [0.4, 0.5) is 0 Å². The molecular weight excluding hydrogens is 192 g/mol. The Morgan fingerprint density at radius 2 is 1.93 bits per heavy atom. The van der Waals surface area contributed by atoms with Crippen molar-refractivity contribution in [3.05, 3.63) is 0 Å². The Kier molecular flexibility index (Phi) is 2.69. The molecular formula is C11H20N2S. The Labute approximate surface area is 92.0 Å².